The Kier molecular flexibility index (Phi) is 7.16. The predicted molar refractivity (Wildman–Crippen MR) is 91.0 cm³/mol. The van der Waals surface area contributed by atoms with Crippen molar-refractivity contribution in [3.8, 4) is 0 Å². The van der Waals surface area contributed by atoms with Crippen molar-refractivity contribution in [1.29, 1.82) is 0 Å². The van der Waals surface area contributed by atoms with Crippen molar-refractivity contribution in [1.82, 2.24) is 9.88 Å². The molecule has 0 aliphatic carbocycles. The number of ether oxygens (including phenoxy) is 1. The Morgan fingerprint density at radius 2 is 2.04 bits per heavy atom. The van der Waals surface area contributed by atoms with Gasteiger partial charge in [-0.1, -0.05) is 6.07 Å². The molecule has 0 bridgehead atoms. The van der Waals surface area contributed by atoms with Crippen LogP contribution in [0.15, 0.2) is 24.5 Å². The lowest BCUT2D eigenvalue weighted by molar-refractivity contribution is 0.0291. The van der Waals surface area contributed by atoms with Crippen LogP contribution in [0.4, 0.5) is 4.79 Å². The molecule has 0 spiro atoms. The number of carbonyl (C=O) groups is 1. The molecule has 0 N–H and O–H groups in total. The summed E-state index contributed by atoms with van der Waals surface area (Å²) in [5.41, 5.74) is 0.131. The highest BCUT2D eigenvalue weighted by Crippen LogP contribution is 2.24. The SMILES string of the molecule is CN(CCC[C@@H](OS(C)(=O)=O)c1cccnc1)C(=O)OC(C)(C)C. The monoisotopic (exact) mass is 358 g/mol. The zero-order chi connectivity index (χ0) is 18.4. The second-order valence-electron chi connectivity index (χ2n) is 6.62. The molecule has 1 heterocycles. The number of aromatic nitrogens is 1. The summed E-state index contributed by atoms with van der Waals surface area (Å²) in [7, 11) is -1.95. The van der Waals surface area contributed by atoms with Gasteiger partial charge in [-0.2, -0.15) is 8.42 Å². The topological polar surface area (TPSA) is 85.8 Å². The van der Waals surface area contributed by atoms with Crippen LogP contribution in [0.25, 0.3) is 0 Å². The fraction of sp³-hybridized carbons (Fsp3) is 0.625. The Balaban J connectivity index is 2.61. The lowest BCUT2D eigenvalue weighted by atomic mass is 10.1. The molecule has 0 aromatic carbocycles. The molecule has 0 aliphatic heterocycles. The van der Waals surface area contributed by atoms with Gasteiger partial charge >= 0.3 is 6.09 Å². The zero-order valence-corrected chi connectivity index (χ0v) is 15.7. The summed E-state index contributed by atoms with van der Waals surface area (Å²) in [6, 6.07) is 3.49. The van der Waals surface area contributed by atoms with E-state index in [1.165, 1.54) is 4.90 Å². The molecule has 0 aliphatic rings. The second kappa shape index (κ2) is 8.43. The molecule has 24 heavy (non-hydrogen) atoms. The van der Waals surface area contributed by atoms with Crippen LogP contribution < -0.4 is 0 Å². The van der Waals surface area contributed by atoms with E-state index in [1.807, 2.05) is 0 Å². The van der Waals surface area contributed by atoms with Gasteiger partial charge in [0, 0.05) is 31.5 Å². The van der Waals surface area contributed by atoms with E-state index in [4.69, 9.17) is 8.92 Å². The molecule has 0 fully saturated rings. The van der Waals surface area contributed by atoms with Crippen LogP contribution in [-0.4, -0.2) is 49.8 Å². The van der Waals surface area contributed by atoms with Crippen molar-refractivity contribution in [3.05, 3.63) is 30.1 Å². The molecule has 1 aromatic rings. The Morgan fingerprint density at radius 1 is 1.38 bits per heavy atom. The van der Waals surface area contributed by atoms with E-state index < -0.39 is 27.9 Å². The molecule has 1 atom stereocenters. The Hall–Kier alpha value is -1.67. The Labute approximate surface area is 144 Å². The number of carbonyl (C=O) groups excluding carboxylic acids is 1. The smallest absolute Gasteiger partial charge is 0.410 e. The normalized spacial score (nSPS) is 13.4. The minimum atomic E-state index is -3.60. The van der Waals surface area contributed by atoms with Gasteiger partial charge in [-0.05, 0) is 39.7 Å². The summed E-state index contributed by atoms with van der Waals surface area (Å²) in [5.74, 6) is 0. The van der Waals surface area contributed by atoms with Gasteiger partial charge in [-0.3, -0.25) is 9.17 Å². The molecule has 0 saturated heterocycles. The Morgan fingerprint density at radius 3 is 2.54 bits per heavy atom. The van der Waals surface area contributed by atoms with Crippen molar-refractivity contribution >= 4 is 16.2 Å². The highest BCUT2D eigenvalue weighted by molar-refractivity contribution is 7.86. The van der Waals surface area contributed by atoms with Crippen molar-refractivity contribution in [2.75, 3.05) is 19.8 Å². The number of pyridine rings is 1. The van der Waals surface area contributed by atoms with Crippen LogP contribution in [0.1, 0.15) is 45.3 Å². The minimum absolute atomic E-state index is 0.413. The fourth-order valence-corrected chi connectivity index (χ4v) is 2.62. The average Bonchev–Trinajstić information content (AvgIpc) is 2.44. The third-order valence-electron chi connectivity index (χ3n) is 3.01. The fourth-order valence-electron chi connectivity index (χ4n) is 1.99. The van der Waals surface area contributed by atoms with E-state index in [-0.39, 0.29) is 0 Å². The number of hydrogen-bond acceptors (Lipinski definition) is 6. The average molecular weight is 358 g/mol. The van der Waals surface area contributed by atoms with Crippen LogP contribution >= 0.6 is 0 Å². The van der Waals surface area contributed by atoms with Gasteiger partial charge in [-0.25, -0.2) is 4.79 Å². The maximum atomic E-state index is 11.9. The summed E-state index contributed by atoms with van der Waals surface area (Å²) in [5, 5.41) is 0. The van der Waals surface area contributed by atoms with Gasteiger partial charge in [0.1, 0.15) is 11.7 Å². The largest absolute Gasteiger partial charge is 0.444 e. The van der Waals surface area contributed by atoms with Crippen molar-refractivity contribution in [2.24, 2.45) is 0 Å². The van der Waals surface area contributed by atoms with E-state index in [2.05, 4.69) is 4.98 Å². The molecule has 7 nitrogen and oxygen atoms in total. The first kappa shape index (κ1) is 20.4. The first-order chi connectivity index (χ1) is 11.0. The van der Waals surface area contributed by atoms with Gasteiger partial charge in [0.05, 0.1) is 6.26 Å². The molecule has 1 rings (SSSR count). The van der Waals surface area contributed by atoms with Crippen molar-refractivity contribution < 1.29 is 22.1 Å². The zero-order valence-electron chi connectivity index (χ0n) is 14.9. The van der Waals surface area contributed by atoms with Gasteiger partial charge in [0.15, 0.2) is 0 Å². The number of hydrogen-bond donors (Lipinski definition) is 0. The summed E-state index contributed by atoms with van der Waals surface area (Å²) in [6.45, 7) is 5.84. The Bertz CT molecular complexity index is 626. The third kappa shape index (κ3) is 8.26. The van der Waals surface area contributed by atoms with Crippen LogP contribution in [0.2, 0.25) is 0 Å². The standard InChI is InChI=1S/C16H26N2O5S/c1-16(2,3)22-15(19)18(4)11-7-9-14(23-24(5,20)21)13-8-6-10-17-12-13/h6,8,10,12,14H,7,9,11H2,1-5H3/t14-/m1/s1. The summed E-state index contributed by atoms with van der Waals surface area (Å²) in [4.78, 5) is 17.4. The van der Waals surface area contributed by atoms with Gasteiger partial charge in [0.25, 0.3) is 10.1 Å². The third-order valence-corrected chi connectivity index (χ3v) is 3.59. The lowest BCUT2D eigenvalue weighted by Crippen LogP contribution is -2.34. The van der Waals surface area contributed by atoms with E-state index in [0.29, 0.717) is 24.9 Å². The molecule has 0 unspecified atom stereocenters. The van der Waals surface area contributed by atoms with Gasteiger partial charge in [-0.15, -0.1) is 0 Å². The van der Waals surface area contributed by atoms with E-state index in [9.17, 15) is 13.2 Å². The van der Waals surface area contributed by atoms with Crippen LogP contribution in [-0.2, 0) is 19.0 Å². The minimum Gasteiger partial charge on any atom is -0.444 e. The molecular weight excluding hydrogens is 332 g/mol. The van der Waals surface area contributed by atoms with Gasteiger partial charge < -0.3 is 9.64 Å². The van der Waals surface area contributed by atoms with Crippen LogP contribution in [0, 0.1) is 0 Å². The molecule has 136 valence electrons. The van der Waals surface area contributed by atoms with E-state index in [1.54, 1.807) is 52.3 Å². The van der Waals surface area contributed by atoms with Crippen molar-refractivity contribution in [2.45, 2.75) is 45.3 Å². The molecule has 8 heteroatoms. The number of rotatable bonds is 7. The molecular formula is C16H26N2O5S. The number of nitrogens with zero attached hydrogens (tertiary/aromatic N) is 2. The summed E-state index contributed by atoms with van der Waals surface area (Å²) >= 11 is 0. The lowest BCUT2D eigenvalue weighted by Gasteiger charge is -2.25. The molecule has 1 amide bonds. The maximum absolute atomic E-state index is 11.9. The second-order valence-corrected chi connectivity index (χ2v) is 8.22. The van der Waals surface area contributed by atoms with E-state index >= 15 is 0 Å². The summed E-state index contributed by atoms with van der Waals surface area (Å²) in [6.07, 6.45) is 4.16. The van der Waals surface area contributed by atoms with Crippen LogP contribution in [0.3, 0.4) is 0 Å². The molecule has 0 radical (unpaired) electrons. The maximum Gasteiger partial charge on any atom is 0.410 e. The highest BCUT2D eigenvalue weighted by Gasteiger charge is 2.21. The molecule has 0 saturated carbocycles. The predicted octanol–water partition coefficient (Wildman–Crippen LogP) is 2.75. The first-order valence-electron chi connectivity index (χ1n) is 7.70. The quantitative estimate of drug-likeness (QED) is 0.697. The molecule has 1 aromatic heterocycles. The van der Waals surface area contributed by atoms with Gasteiger partial charge in [0.2, 0.25) is 0 Å². The number of amides is 1. The highest BCUT2D eigenvalue weighted by atomic mass is 32.2. The van der Waals surface area contributed by atoms with Crippen molar-refractivity contribution in [3.63, 3.8) is 0 Å². The van der Waals surface area contributed by atoms with E-state index in [0.717, 1.165) is 6.26 Å². The first-order valence-corrected chi connectivity index (χ1v) is 9.52. The summed E-state index contributed by atoms with van der Waals surface area (Å²) < 4.78 is 33.3. The van der Waals surface area contributed by atoms with Crippen LogP contribution in [0.5, 0.6) is 0 Å².